The molecule has 0 bridgehead atoms. The minimum atomic E-state index is 0.778. The number of nitrogens with one attached hydrogen (secondary N) is 1. The lowest BCUT2D eigenvalue weighted by atomic mass is 10.2. The van der Waals surface area contributed by atoms with Crippen molar-refractivity contribution in [3.05, 3.63) is 47.0 Å². The van der Waals surface area contributed by atoms with E-state index in [0.717, 1.165) is 28.6 Å². The number of hydrogen-bond acceptors (Lipinski definition) is 2. The minimum absolute atomic E-state index is 0.778. The Morgan fingerprint density at radius 2 is 2.25 bits per heavy atom. The fraction of sp³-hybridized carbons (Fsp3) is 0.250. The van der Waals surface area contributed by atoms with Gasteiger partial charge in [-0.2, -0.15) is 0 Å². The van der Waals surface area contributed by atoms with Crippen molar-refractivity contribution in [2.24, 2.45) is 0 Å². The number of aryl methyl sites for hydroxylation is 1. The Bertz CT molecular complexity index is 491. The largest absolute Gasteiger partial charge is 0.316 e. The van der Waals surface area contributed by atoms with Gasteiger partial charge in [0.05, 0.1) is 0 Å². The maximum Gasteiger partial charge on any atom is 0.110 e. The third-order valence-corrected chi connectivity index (χ3v) is 2.86. The van der Waals surface area contributed by atoms with Crippen LogP contribution in [-0.2, 0) is 6.54 Å². The van der Waals surface area contributed by atoms with E-state index in [1.54, 1.807) is 6.20 Å². The molecule has 0 saturated carbocycles. The first-order chi connectivity index (χ1) is 7.72. The molecule has 0 saturated heterocycles. The second-order valence-electron chi connectivity index (χ2n) is 3.65. The van der Waals surface area contributed by atoms with Crippen LogP contribution < -0.4 is 5.32 Å². The second kappa shape index (κ2) is 4.68. The van der Waals surface area contributed by atoms with Crippen molar-refractivity contribution < 1.29 is 0 Å². The third-order valence-electron chi connectivity index (χ3n) is 2.51. The smallest absolute Gasteiger partial charge is 0.110 e. The predicted octanol–water partition coefficient (Wildman–Crippen LogP) is 2.55. The van der Waals surface area contributed by atoms with Gasteiger partial charge < -0.3 is 9.88 Å². The SMILES string of the molecule is CNCc1ccc(-n2ccnc2C)cc1Cl. The zero-order chi connectivity index (χ0) is 11.5. The zero-order valence-corrected chi connectivity index (χ0v) is 10.1. The molecule has 0 aliphatic rings. The van der Waals surface area contributed by atoms with Gasteiger partial charge in [-0.1, -0.05) is 17.7 Å². The first kappa shape index (κ1) is 11.2. The van der Waals surface area contributed by atoms with E-state index in [1.165, 1.54) is 0 Å². The highest BCUT2D eigenvalue weighted by molar-refractivity contribution is 6.31. The minimum Gasteiger partial charge on any atom is -0.316 e. The van der Waals surface area contributed by atoms with E-state index < -0.39 is 0 Å². The average molecular weight is 236 g/mol. The Morgan fingerprint density at radius 1 is 1.44 bits per heavy atom. The lowest BCUT2D eigenvalue weighted by Crippen LogP contribution is -2.06. The van der Waals surface area contributed by atoms with Gasteiger partial charge in [-0.3, -0.25) is 0 Å². The first-order valence-corrected chi connectivity index (χ1v) is 5.53. The summed E-state index contributed by atoms with van der Waals surface area (Å²) in [6.45, 7) is 2.75. The van der Waals surface area contributed by atoms with Crippen LogP contribution in [0.2, 0.25) is 5.02 Å². The summed E-state index contributed by atoms with van der Waals surface area (Å²) in [5.74, 6) is 0.956. The summed E-state index contributed by atoms with van der Waals surface area (Å²) in [6.07, 6.45) is 3.71. The molecule has 0 spiro atoms. The monoisotopic (exact) mass is 235 g/mol. The highest BCUT2D eigenvalue weighted by Gasteiger charge is 2.04. The molecule has 0 unspecified atom stereocenters. The topological polar surface area (TPSA) is 29.9 Å². The summed E-state index contributed by atoms with van der Waals surface area (Å²) in [4.78, 5) is 4.19. The zero-order valence-electron chi connectivity index (χ0n) is 9.37. The van der Waals surface area contributed by atoms with Crippen molar-refractivity contribution >= 4 is 11.6 Å². The number of aromatic nitrogens is 2. The average Bonchev–Trinajstić information content (AvgIpc) is 2.68. The van der Waals surface area contributed by atoms with Gasteiger partial charge >= 0.3 is 0 Å². The third kappa shape index (κ3) is 2.10. The maximum absolute atomic E-state index is 6.20. The van der Waals surface area contributed by atoms with E-state index in [2.05, 4.69) is 10.3 Å². The van der Waals surface area contributed by atoms with Crippen LogP contribution in [0.5, 0.6) is 0 Å². The van der Waals surface area contributed by atoms with E-state index in [-0.39, 0.29) is 0 Å². The van der Waals surface area contributed by atoms with Crippen LogP contribution in [-0.4, -0.2) is 16.6 Å². The van der Waals surface area contributed by atoms with Crippen molar-refractivity contribution in [2.45, 2.75) is 13.5 Å². The van der Waals surface area contributed by atoms with Gasteiger partial charge in [0.1, 0.15) is 5.82 Å². The van der Waals surface area contributed by atoms with Gasteiger partial charge in [0.25, 0.3) is 0 Å². The number of rotatable bonds is 3. The molecule has 0 fully saturated rings. The van der Waals surface area contributed by atoms with E-state index in [4.69, 9.17) is 11.6 Å². The van der Waals surface area contributed by atoms with Crippen LogP contribution in [0.25, 0.3) is 5.69 Å². The quantitative estimate of drug-likeness (QED) is 0.886. The predicted molar refractivity (Wildman–Crippen MR) is 66.1 cm³/mol. The molecule has 0 radical (unpaired) electrons. The van der Waals surface area contributed by atoms with Gasteiger partial charge in [0.2, 0.25) is 0 Å². The van der Waals surface area contributed by atoms with Crippen molar-refractivity contribution in [3.8, 4) is 5.69 Å². The van der Waals surface area contributed by atoms with Gasteiger partial charge in [-0.15, -0.1) is 0 Å². The number of nitrogens with zero attached hydrogens (tertiary/aromatic N) is 2. The Balaban J connectivity index is 2.38. The number of imidazole rings is 1. The molecule has 4 heteroatoms. The Hall–Kier alpha value is -1.32. The number of benzene rings is 1. The summed E-state index contributed by atoms with van der Waals surface area (Å²) in [6, 6.07) is 6.05. The Labute approximate surface area is 100 Å². The molecule has 0 atom stereocenters. The molecule has 3 nitrogen and oxygen atoms in total. The Kier molecular flexibility index (Phi) is 3.27. The highest BCUT2D eigenvalue weighted by Crippen LogP contribution is 2.20. The second-order valence-corrected chi connectivity index (χ2v) is 4.06. The molecule has 1 aromatic carbocycles. The van der Waals surface area contributed by atoms with Crippen molar-refractivity contribution in [3.63, 3.8) is 0 Å². The molecule has 0 aliphatic carbocycles. The van der Waals surface area contributed by atoms with Gasteiger partial charge in [-0.25, -0.2) is 4.98 Å². The summed E-state index contributed by atoms with van der Waals surface area (Å²) < 4.78 is 2.01. The molecular weight excluding hydrogens is 222 g/mol. The van der Waals surface area contributed by atoms with E-state index in [0.29, 0.717) is 0 Å². The molecule has 2 rings (SSSR count). The number of halogens is 1. The molecule has 1 N–H and O–H groups in total. The van der Waals surface area contributed by atoms with Crippen molar-refractivity contribution in [1.29, 1.82) is 0 Å². The van der Waals surface area contributed by atoms with Crippen LogP contribution in [0.1, 0.15) is 11.4 Å². The van der Waals surface area contributed by atoms with Gasteiger partial charge in [0, 0.05) is 29.6 Å². The van der Waals surface area contributed by atoms with Crippen molar-refractivity contribution in [1.82, 2.24) is 14.9 Å². The molecule has 2 aromatic rings. The lowest BCUT2D eigenvalue weighted by molar-refractivity contribution is 0.817. The van der Waals surface area contributed by atoms with Crippen LogP contribution in [0.15, 0.2) is 30.6 Å². The van der Waals surface area contributed by atoms with E-state index in [9.17, 15) is 0 Å². The fourth-order valence-electron chi connectivity index (χ4n) is 1.67. The molecular formula is C12H14ClN3. The van der Waals surface area contributed by atoms with E-state index in [1.807, 2.05) is 42.9 Å². The summed E-state index contributed by atoms with van der Waals surface area (Å²) >= 11 is 6.20. The molecule has 16 heavy (non-hydrogen) atoms. The standard InChI is InChI=1S/C12H14ClN3/c1-9-15-5-6-16(9)11-4-3-10(8-14-2)12(13)7-11/h3-7,14H,8H2,1-2H3. The van der Waals surface area contributed by atoms with Gasteiger partial charge in [-0.05, 0) is 31.7 Å². The molecule has 1 aromatic heterocycles. The van der Waals surface area contributed by atoms with Crippen LogP contribution in [0, 0.1) is 6.92 Å². The normalized spacial score (nSPS) is 10.7. The van der Waals surface area contributed by atoms with Gasteiger partial charge in [0.15, 0.2) is 0 Å². The van der Waals surface area contributed by atoms with E-state index >= 15 is 0 Å². The lowest BCUT2D eigenvalue weighted by Gasteiger charge is -2.08. The molecule has 1 heterocycles. The summed E-state index contributed by atoms with van der Waals surface area (Å²) in [5.41, 5.74) is 2.14. The molecule has 0 amide bonds. The summed E-state index contributed by atoms with van der Waals surface area (Å²) in [7, 11) is 1.91. The highest BCUT2D eigenvalue weighted by atomic mass is 35.5. The number of hydrogen-bond donors (Lipinski definition) is 1. The summed E-state index contributed by atoms with van der Waals surface area (Å²) in [5, 5.41) is 3.86. The molecule has 84 valence electrons. The first-order valence-electron chi connectivity index (χ1n) is 5.15. The fourth-order valence-corrected chi connectivity index (χ4v) is 1.91. The maximum atomic E-state index is 6.20. The molecule has 0 aliphatic heterocycles. The van der Waals surface area contributed by atoms with Crippen molar-refractivity contribution in [2.75, 3.05) is 7.05 Å². The van der Waals surface area contributed by atoms with Crippen LogP contribution in [0.3, 0.4) is 0 Å². The van der Waals surface area contributed by atoms with Crippen LogP contribution in [0.4, 0.5) is 0 Å². The van der Waals surface area contributed by atoms with Crippen LogP contribution >= 0.6 is 11.6 Å². The Morgan fingerprint density at radius 3 is 2.81 bits per heavy atom.